The molecule has 2 aliphatic heterocycles. The SMILES string of the molecule is C[C@@H]1[C@H](N2CCOCC2)CCN1S(=O)(=O)c1c[nH]c2ncccc12. The van der Waals surface area contributed by atoms with Crippen molar-refractivity contribution in [3.63, 3.8) is 0 Å². The van der Waals surface area contributed by atoms with Gasteiger partial charge in [-0.2, -0.15) is 4.31 Å². The second-order valence-electron chi connectivity index (χ2n) is 6.41. The average Bonchev–Trinajstić information content (AvgIpc) is 3.20. The smallest absolute Gasteiger partial charge is 0.245 e. The first kappa shape index (κ1) is 16.0. The zero-order valence-corrected chi connectivity index (χ0v) is 14.5. The lowest BCUT2D eigenvalue weighted by Crippen LogP contribution is -2.49. The molecule has 2 saturated heterocycles. The van der Waals surface area contributed by atoms with E-state index in [0.717, 1.165) is 32.7 Å². The Bertz CT molecular complexity index is 829. The molecule has 0 bridgehead atoms. The number of sulfonamides is 1. The van der Waals surface area contributed by atoms with Crippen LogP contribution in [-0.4, -0.2) is 72.5 Å². The van der Waals surface area contributed by atoms with E-state index in [4.69, 9.17) is 4.74 Å². The van der Waals surface area contributed by atoms with E-state index in [1.165, 1.54) is 0 Å². The third-order valence-electron chi connectivity index (χ3n) is 5.17. The van der Waals surface area contributed by atoms with Crippen molar-refractivity contribution >= 4 is 21.1 Å². The first-order valence-corrected chi connectivity index (χ1v) is 9.79. The molecule has 0 saturated carbocycles. The van der Waals surface area contributed by atoms with Gasteiger partial charge in [-0.25, -0.2) is 13.4 Å². The van der Waals surface area contributed by atoms with Crippen molar-refractivity contribution < 1.29 is 13.2 Å². The van der Waals surface area contributed by atoms with Gasteiger partial charge in [0.05, 0.1) is 13.2 Å². The number of morpholine rings is 1. The molecule has 8 heteroatoms. The normalized spacial score (nSPS) is 27.0. The monoisotopic (exact) mass is 350 g/mol. The first-order valence-electron chi connectivity index (χ1n) is 8.35. The van der Waals surface area contributed by atoms with E-state index >= 15 is 0 Å². The molecule has 0 aliphatic carbocycles. The number of aromatic amines is 1. The maximum absolute atomic E-state index is 13.2. The summed E-state index contributed by atoms with van der Waals surface area (Å²) >= 11 is 0. The average molecular weight is 350 g/mol. The molecule has 24 heavy (non-hydrogen) atoms. The Kier molecular flexibility index (Phi) is 4.07. The third-order valence-corrected chi connectivity index (χ3v) is 7.20. The number of hydrogen-bond donors (Lipinski definition) is 1. The van der Waals surface area contributed by atoms with Gasteiger partial charge in [0, 0.05) is 49.5 Å². The summed E-state index contributed by atoms with van der Waals surface area (Å²) in [5.41, 5.74) is 0.604. The van der Waals surface area contributed by atoms with E-state index in [0.29, 0.717) is 22.5 Å². The Morgan fingerprint density at radius 3 is 2.88 bits per heavy atom. The predicted octanol–water partition coefficient (Wildman–Crippen LogP) is 1.05. The number of nitrogens with zero attached hydrogens (tertiary/aromatic N) is 3. The molecule has 7 nitrogen and oxygen atoms in total. The van der Waals surface area contributed by atoms with Crippen LogP contribution in [0.1, 0.15) is 13.3 Å². The molecule has 2 aliphatic rings. The highest BCUT2D eigenvalue weighted by molar-refractivity contribution is 7.89. The summed E-state index contributed by atoms with van der Waals surface area (Å²) in [6.07, 6.45) is 4.07. The number of ether oxygens (including phenoxy) is 1. The summed E-state index contributed by atoms with van der Waals surface area (Å²) in [6.45, 7) is 5.77. The molecule has 4 heterocycles. The fourth-order valence-corrected chi connectivity index (χ4v) is 5.73. The van der Waals surface area contributed by atoms with Crippen LogP contribution in [0.3, 0.4) is 0 Å². The molecule has 0 unspecified atom stereocenters. The van der Waals surface area contributed by atoms with Crippen LogP contribution in [0.5, 0.6) is 0 Å². The molecular formula is C16H22N4O3S. The van der Waals surface area contributed by atoms with Gasteiger partial charge in [0.2, 0.25) is 10.0 Å². The Labute approximate surface area is 141 Å². The molecular weight excluding hydrogens is 328 g/mol. The summed E-state index contributed by atoms with van der Waals surface area (Å²) in [4.78, 5) is 9.83. The predicted molar refractivity (Wildman–Crippen MR) is 90.2 cm³/mol. The van der Waals surface area contributed by atoms with E-state index in [2.05, 4.69) is 14.9 Å². The Morgan fingerprint density at radius 1 is 1.29 bits per heavy atom. The summed E-state index contributed by atoms with van der Waals surface area (Å²) in [7, 11) is -3.54. The van der Waals surface area contributed by atoms with Crippen molar-refractivity contribution in [2.45, 2.75) is 30.3 Å². The van der Waals surface area contributed by atoms with E-state index in [9.17, 15) is 8.42 Å². The summed E-state index contributed by atoms with van der Waals surface area (Å²) in [5.74, 6) is 0. The molecule has 1 N–H and O–H groups in total. The fourth-order valence-electron chi connectivity index (χ4n) is 3.90. The number of pyridine rings is 1. The quantitative estimate of drug-likeness (QED) is 0.895. The molecule has 2 aromatic heterocycles. The number of fused-ring (bicyclic) bond motifs is 1. The number of nitrogens with one attached hydrogen (secondary N) is 1. The number of H-pyrrole nitrogens is 1. The third kappa shape index (κ3) is 2.54. The molecule has 4 rings (SSSR count). The Balaban J connectivity index is 1.63. The van der Waals surface area contributed by atoms with Gasteiger partial charge in [-0.15, -0.1) is 0 Å². The van der Waals surface area contributed by atoms with Gasteiger partial charge in [-0.3, -0.25) is 4.90 Å². The van der Waals surface area contributed by atoms with Crippen molar-refractivity contribution in [3.8, 4) is 0 Å². The topological polar surface area (TPSA) is 78.5 Å². The molecule has 2 aromatic rings. The van der Waals surface area contributed by atoms with Crippen LogP contribution < -0.4 is 0 Å². The van der Waals surface area contributed by atoms with Crippen molar-refractivity contribution in [2.24, 2.45) is 0 Å². The van der Waals surface area contributed by atoms with E-state index < -0.39 is 10.0 Å². The van der Waals surface area contributed by atoms with Crippen molar-refractivity contribution in [1.82, 2.24) is 19.2 Å². The lowest BCUT2D eigenvalue weighted by atomic mass is 10.1. The number of aromatic nitrogens is 2. The maximum atomic E-state index is 13.2. The van der Waals surface area contributed by atoms with Crippen LogP contribution in [0.15, 0.2) is 29.4 Å². The van der Waals surface area contributed by atoms with Crippen LogP contribution in [0.2, 0.25) is 0 Å². The zero-order chi connectivity index (χ0) is 16.7. The summed E-state index contributed by atoms with van der Waals surface area (Å²) in [5, 5.41) is 0.652. The van der Waals surface area contributed by atoms with Gasteiger partial charge in [0.1, 0.15) is 10.5 Å². The van der Waals surface area contributed by atoms with Gasteiger partial charge < -0.3 is 9.72 Å². The number of hydrogen-bond acceptors (Lipinski definition) is 5. The van der Waals surface area contributed by atoms with E-state index in [-0.39, 0.29) is 12.1 Å². The largest absolute Gasteiger partial charge is 0.379 e. The minimum atomic E-state index is -3.54. The molecule has 0 radical (unpaired) electrons. The Hall–Kier alpha value is -1.48. The summed E-state index contributed by atoms with van der Waals surface area (Å²) in [6, 6.07) is 3.77. The highest BCUT2D eigenvalue weighted by Crippen LogP contribution is 2.32. The highest BCUT2D eigenvalue weighted by Gasteiger charge is 2.42. The molecule has 0 aromatic carbocycles. The maximum Gasteiger partial charge on any atom is 0.245 e. The molecule has 2 fully saturated rings. The van der Waals surface area contributed by atoms with E-state index in [1.54, 1.807) is 28.8 Å². The standard InChI is InChI=1S/C16H22N4O3S/c1-12-14(19-7-9-23-10-8-19)4-6-20(12)24(21,22)15-11-18-16-13(15)3-2-5-17-16/h2-3,5,11-12,14H,4,6-10H2,1H3,(H,17,18)/t12-,14-/m1/s1. The second-order valence-corrected chi connectivity index (χ2v) is 8.27. The minimum absolute atomic E-state index is 0.0466. The van der Waals surface area contributed by atoms with Gasteiger partial charge >= 0.3 is 0 Å². The Morgan fingerprint density at radius 2 is 2.08 bits per heavy atom. The fraction of sp³-hybridized carbons (Fsp3) is 0.562. The van der Waals surface area contributed by atoms with Crippen LogP contribution >= 0.6 is 0 Å². The minimum Gasteiger partial charge on any atom is -0.379 e. The second kappa shape index (κ2) is 6.11. The molecule has 130 valence electrons. The van der Waals surface area contributed by atoms with Crippen molar-refractivity contribution in [1.29, 1.82) is 0 Å². The molecule has 2 atom stereocenters. The van der Waals surface area contributed by atoms with E-state index in [1.807, 2.05) is 6.92 Å². The van der Waals surface area contributed by atoms with Gasteiger partial charge in [-0.1, -0.05) is 0 Å². The number of rotatable bonds is 3. The van der Waals surface area contributed by atoms with Gasteiger partial charge in [0.15, 0.2) is 0 Å². The molecule has 0 amide bonds. The van der Waals surface area contributed by atoms with Gasteiger partial charge in [-0.05, 0) is 25.5 Å². The lowest BCUT2D eigenvalue weighted by molar-refractivity contribution is 0.0131. The molecule has 0 spiro atoms. The highest BCUT2D eigenvalue weighted by atomic mass is 32.2. The van der Waals surface area contributed by atoms with Crippen molar-refractivity contribution in [3.05, 3.63) is 24.5 Å². The van der Waals surface area contributed by atoms with Gasteiger partial charge in [0.25, 0.3) is 0 Å². The summed E-state index contributed by atoms with van der Waals surface area (Å²) < 4.78 is 33.4. The van der Waals surface area contributed by atoms with Crippen LogP contribution in [-0.2, 0) is 14.8 Å². The van der Waals surface area contributed by atoms with Crippen LogP contribution in [0, 0.1) is 0 Å². The van der Waals surface area contributed by atoms with Crippen LogP contribution in [0.25, 0.3) is 11.0 Å². The van der Waals surface area contributed by atoms with Crippen molar-refractivity contribution in [2.75, 3.05) is 32.8 Å². The zero-order valence-electron chi connectivity index (χ0n) is 13.7. The van der Waals surface area contributed by atoms with Crippen LogP contribution in [0.4, 0.5) is 0 Å². The lowest BCUT2D eigenvalue weighted by Gasteiger charge is -2.35. The first-order chi connectivity index (χ1) is 11.6.